The Morgan fingerprint density at radius 1 is 0.880 bits per heavy atom. The number of thioether (sulfide) groups is 1. The van der Waals surface area contributed by atoms with E-state index in [1.54, 1.807) is 21.1 Å². The molecule has 2 rings (SSSR count). The van der Waals surface area contributed by atoms with E-state index in [-0.39, 0.29) is 11.0 Å². The minimum atomic E-state index is 0.156. The van der Waals surface area contributed by atoms with Gasteiger partial charge in [-0.15, -0.1) is 0 Å². The van der Waals surface area contributed by atoms with E-state index in [0.29, 0.717) is 5.92 Å². The maximum absolute atomic E-state index is 11.5. The van der Waals surface area contributed by atoms with Crippen LogP contribution < -0.4 is 9.47 Å². The Bertz CT molecular complexity index is 665. The van der Waals surface area contributed by atoms with Crippen molar-refractivity contribution in [1.82, 2.24) is 0 Å². The smallest absolute Gasteiger partial charge is 0.185 e. The SMILES string of the molecule is CCC(c1ccc(OC)cc1)C(CSC(C)=O)c1ccc(OC)cc1. The number of carbonyl (C=O) groups is 1. The standard InChI is InChI=1S/C21H26O3S/c1-5-20(16-6-10-18(23-3)11-7-16)21(14-25-15(2)22)17-8-12-19(24-4)13-9-17/h6-13,20-21H,5,14H2,1-4H3. The fraction of sp³-hybridized carbons (Fsp3) is 0.381. The topological polar surface area (TPSA) is 35.5 Å². The molecule has 2 atom stereocenters. The highest BCUT2D eigenvalue weighted by Crippen LogP contribution is 2.39. The highest BCUT2D eigenvalue weighted by atomic mass is 32.2. The number of hydrogen-bond donors (Lipinski definition) is 0. The zero-order valence-corrected chi connectivity index (χ0v) is 16.1. The van der Waals surface area contributed by atoms with Crippen LogP contribution in [-0.2, 0) is 4.79 Å². The molecule has 4 heteroatoms. The van der Waals surface area contributed by atoms with Gasteiger partial charge in [0.15, 0.2) is 5.12 Å². The second-order valence-corrected chi connectivity index (χ2v) is 7.17. The number of rotatable bonds is 8. The van der Waals surface area contributed by atoms with Crippen LogP contribution in [0.1, 0.15) is 43.2 Å². The van der Waals surface area contributed by atoms with Gasteiger partial charge in [-0.25, -0.2) is 0 Å². The quantitative estimate of drug-likeness (QED) is 0.645. The Morgan fingerprint density at radius 2 is 1.32 bits per heavy atom. The van der Waals surface area contributed by atoms with Crippen LogP contribution in [0.15, 0.2) is 48.5 Å². The maximum Gasteiger partial charge on any atom is 0.185 e. The van der Waals surface area contributed by atoms with Crippen LogP contribution in [-0.4, -0.2) is 25.1 Å². The molecule has 0 aliphatic rings. The van der Waals surface area contributed by atoms with E-state index in [1.165, 1.54) is 22.9 Å². The predicted molar refractivity (Wildman–Crippen MR) is 105 cm³/mol. The second-order valence-electron chi connectivity index (χ2n) is 5.97. The van der Waals surface area contributed by atoms with Gasteiger partial charge < -0.3 is 9.47 Å². The van der Waals surface area contributed by atoms with E-state index in [0.717, 1.165) is 23.7 Å². The summed E-state index contributed by atoms with van der Waals surface area (Å²) in [5, 5.41) is 0.156. The lowest BCUT2D eigenvalue weighted by atomic mass is 9.81. The van der Waals surface area contributed by atoms with E-state index < -0.39 is 0 Å². The van der Waals surface area contributed by atoms with Crippen LogP contribution in [0.25, 0.3) is 0 Å². The molecule has 0 aliphatic heterocycles. The molecule has 0 aromatic heterocycles. The van der Waals surface area contributed by atoms with Crippen molar-refractivity contribution >= 4 is 16.9 Å². The highest BCUT2D eigenvalue weighted by molar-refractivity contribution is 8.13. The number of benzene rings is 2. The molecule has 0 bridgehead atoms. The third kappa shape index (κ3) is 5.27. The highest BCUT2D eigenvalue weighted by Gasteiger charge is 2.24. The van der Waals surface area contributed by atoms with E-state index in [1.807, 2.05) is 24.3 Å². The molecule has 2 aromatic rings. The normalized spacial score (nSPS) is 13.1. The van der Waals surface area contributed by atoms with Crippen molar-refractivity contribution in [2.75, 3.05) is 20.0 Å². The predicted octanol–water partition coefficient (Wildman–Crippen LogP) is 5.26. The molecule has 0 saturated heterocycles. The van der Waals surface area contributed by atoms with Crippen LogP contribution in [0.4, 0.5) is 0 Å². The molecule has 0 fully saturated rings. The van der Waals surface area contributed by atoms with Crippen molar-refractivity contribution in [2.45, 2.75) is 32.1 Å². The van der Waals surface area contributed by atoms with Gasteiger partial charge in [0.1, 0.15) is 11.5 Å². The van der Waals surface area contributed by atoms with E-state index in [2.05, 4.69) is 31.2 Å². The summed E-state index contributed by atoms with van der Waals surface area (Å²) in [5.74, 6) is 3.08. The summed E-state index contributed by atoms with van der Waals surface area (Å²) in [5.41, 5.74) is 2.51. The van der Waals surface area contributed by atoms with Crippen molar-refractivity contribution in [2.24, 2.45) is 0 Å². The zero-order valence-electron chi connectivity index (χ0n) is 15.3. The number of ether oxygens (including phenoxy) is 2. The average Bonchev–Trinajstić information content (AvgIpc) is 2.65. The first-order chi connectivity index (χ1) is 12.1. The van der Waals surface area contributed by atoms with Crippen LogP contribution in [0.5, 0.6) is 11.5 Å². The summed E-state index contributed by atoms with van der Waals surface area (Å²) in [4.78, 5) is 11.5. The summed E-state index contributed by atoms with van der Waals surface area (Å²) in [6.45, 7) is 3.83. The molecular weight excluding hydrogens is 332 g/mol. The average molecular weight is 359 g/mol. The molecule has 0 amide bonds. The van der Waals surface area contributed by atoms with Gasteiger partial charge in [0.2, 0.25) is 0 Å². The Balaban J connectivity index is 2.33. The van der Waals surface area contributed by atoms with Crippen molar-refractivity contribution < 1.29 is 14.3 Å². The summed E-state index contributed by atoms with van der Waals surface area (Å²) < 4.78 is 10.5. The van der Waals surface area contributed by atoms with Gasteiger partial charge in [-0.05, 0) is 47.7 Å². The molecule has 3 nitrogen and oxygen atoms in total. The lowest BCUT2D eigenvalue weighted by Gasteiger charge is -2.27. The first-order valence-electron chi connectivity index (χ1n) is 8.50. The first-order valence-corrected chi connectivity index (χ1v) is 9.48. The fourth-order valence-electron chi connectivity index (χ4n) is 3.11. The van der Waals surface area contributed by atoms with E-state index >= 15 is 0 Å². The lowest BCUT2D eigenvalue weighted by molar-refractivity contribution is -0.109. The molecule has 0 heterocycles. The zero-order chi connectivity index (χ0) is 18.2. The van der Waals surface area contributed by atoms with Crippen molar-refractivity contribution in [3.05, 3.63) is 59.7 Å². The molecule has 0 radical (unpaired) electrons. The van der Waals surface area contributed by atoms with Crippen LogP contribution in [0, 0.1) is 0 Å². The van der Waals surface area contributed by atoms with Crippen molar-refractivity contribution in [1.29, 1.82) is 0 Å². The molecule has 0 aliphatic carbocycles. The third-order valence-corrected chi connectivity index (χ3v) is 5.41. The van der Waals surface area contributed by atoms with Gasteiger partial charge in [0, 0.05) is 18.6 Å². The summed E-state index contributed by atoms with van der Waals surface area (Å²) in [6.07, 6.45) is 1.00. The molecule has 2 unspecified atom stereocenters. The molecule has 2 aromatic carbocycles. The summed E-state index contributed by atoms with van der Waals surface area (Å²) in [7, 11) is 3.35. The van der Waals surface area contributed by atoms with Gasteiger partial charge >= 0.3 is 0 Å². The molecule has 0 spiro atoms. The van der Waals surface area contributed by atoms with Gasteiger partial charge in [-0.1, -0.05) is 43.0 Å². The minimum absolute atomic E-state index is 0.156. The molecule has 0 saturated carbocycles. The van der Waals surface area contributed by atoms with Gasteiger partial charge in [0.25, 0.3) is 0 Å². The Hall–Kier alpha value is -1.94. The van der Waals surface area contributed by atoms with Crippen molar-refractivity contribution in [3.63, 3.8) is 0 Å². The fourth-order valence-corrected chi connectivity index (χ4v) is 3.95. The third-order valence-electron chi connectivity index (χ3n) is 4.48. The second kappa shape index (κ2) is 9.52. The van der Waals surface area contributed by atoms with Gasteiger partial charge in [-0.3, -0.25) is 4.79 Å². The Kier molecular flexibility index (Phi) is 7.38. The summed E-state index contributed by atoms with van der Waals surface area (Å²) >= 11 is 1.40. The number of hydrogen-bond acceptors (Lipinski definition) is 4. The van der Waals surface area contributed by atoms with Crippen LogP contribution >= 0.6 is 11.8 Å². The minimum Gasteiger partial charge on any atom is -0.497 e. The number of methoxy groups -OCH3 is 2. The molecule has 134 valence electrons. The maximum atomic E-state index is 11.5. The van der Waals surface area contributed by atoms with Gasteiger partial charge in [0.05, 0.1) is 14.2 Å². The van der Waals surface area contributed by atoms with Crippen molar-refractivity contribution in [3.8, 4) is 11.5 Å². The lowest BCUT2D eigenvalue weighted by Crippen LogP contribution is -2.14. The molecule has 0 N–H and O–H groups in total. The van der Waals surface area contributed by atoms with E-state index in [4.69, 9.17) is 9.47 Å². The molecule has 25 heavy (non-hydrogen) atoms. The largest absolute Gasteiger partial charge is 0.497 e. The van der Waals surface area contributed by atoms with Gasteiger partial charge in [-0.2, -0.15) is 0 Å². The van der Waals surface area contributed by atoms with E-state index in [9.17, 15) is 4.79 Å². The monoisotopic (exact) mass is 358 g/mol. The molecular formula is C21H26O3S. The first kappa shape index (κ1) is 19.4. The number of carbonyl (C=O) groups excluding carboxylic acids is 1. The Labute approximate surface area is 154 Å². The summed E-state index contributed by atoms with van der Waals surface area (Å²) in [6, 6.07) is 16.4. The van der Waals surface area contributed by atoms with Crippen LogP contribution in [0.2, 0.25) is 0 Å². The Morgan fingerprint density at radius 3 is 1.68 bits per heavy atom. The van der Waals surface area contributed by atoms with Crippen LogP contribution in [0.3, 0.4) is 0 Å².